The second-order valence-corrected chi connectivity index (χ2v) is 5.39. The highest BCUT2D eigenvalue weighted by molar-refractivity contribution is 6.30. The van der Waals surface area contributed by atoms with Crippen LogP contribution < -0.4 is 0 Å². The van der Waals surface area contributed by atoms with E-state index in [-0.39, 0.29) is 6.10 Å². The van der Waals surface area contributed by atoms with E-state index in [0.717, 1.165) is 23.4 Å². The molecule has 1 unspecified atom stereocenters. The molecule has 2 aromatic carbocycles. The Hall–Kier alpha value is -1.31. The number of aliphatic hydroxyl groups excluding tert-OH is 1. The van der Waals surface area contributed by atoms with Gasteiger partial charge in [0.1, 0.15) is 0 Å². The van der Waals surface area contributed by atoms with Crippen LogP contribution in [0, 0.1) is 6.92 Å². The van der Waals surface area contributed by atoms with E-state index in [1.165, 1.54) is 11.1 Å². The maximum Gasteiger partial charge on any atom is 0.0583 e. The highest BCUT2D eigenvalue weighted by Crippen LogP contribution is 2.15. The van der Waals surface area contributed by atoms with Gasteiger partial charge in [0.15, 0.2) is 0 Å². The molecule has 2 aromatic rings. The standard InChI is InChI=1S/C17H19ClO/c1-13-5-2-3-7-15(13)9-10-17(19)12-14-6-4-8-16(18)11-14/h2-8,11,17,19H,9-10,12H2,1H3. The van der Waals surface area contributed by atoms with Crippen LogP contribution in [-0.4, -0.2) is 11.2 Å². The number of benzene rings is 2. The van der Waals surface area contributed by atoms with Gasteiger partial charge in [-0.1, -0.05) is 48.0 Å². The van der Waals surface area contributed by atoms with Crippen LogP contribution in [0.5, 0.6) is 0 Å². The summed E-state index contributed by atoms with van der Waals surface area (Å²) in [6, 6.07) is 16.0. The average molecular weight is 275 g/mol. The summed E-state index contributed by atoms with van der Waals surface area (Å²) in [6.07, 6.45) is 2.02. The van der Waals surface area contributed by atoms with Gasteiger partial charge in [-0.3, -0.25) is 0 Å². The molecule has 1 N–H and O–H groups in total. The summed E-state index contributed by atoms with van der Waals surface area (Å²) in [4.78, 5) is 0. The van der Waals surface area contributed by atoms with Gasteiger partial charge >= 0.3 is 0 Å². The molecule has 0 aliphatic rings. The molecule has 0 spiro atoms. The lowest BCUT2D eigenvalue weighted by atomic mass is 9.99. The maximum atomic E-state index is 10.1. The van der Waals surface area contributed by atoms with Crippen LogP contribution >= 0.6 is 11.6 Å². The summed E-state index contributed by atoms with van der Waals surface area (Å²) in [6.45, 7) is 2.11. The number of aliphatic hydroxyl groups is 1. The van der Waals surface area contributed by atoms with Gasteiger partial charge in [-0.2, -0.15) is 0 Å². The first kappa shape index (κ1) is 14.1. The minimum Gasteiger partial charge on any atom is -0.393 e. The van der Waals surface area contributed by atoms with Crippen LogP contribution in [-0.2, 0) is 12.8 Å². The fourth-order valence-corrected chi connectivity index (χ4v) is 2.46. The summed E-state index contributed by atoms with van der Waals surface area (Å²) in [5.74, 6) is 0. The Balaban J connectivity index is 1.88. The Morgan fingerprint density at radius 3 is 2.63 bits per heavy atom. The first-order valence-corrected chi connectivity index (χ1v) is 7.00. The number of halogens is 1. The number of hydrogen-bond acceptors (Lipinski definition) is 1. The van der Waals surface area contributed by atoms with Gasteiger partial charge in [0.25, 0.3) is 0 Å². The largest absolute Gasteiger partial charge is 0.393 e. The van der Waals surface area contributed by atoms with Crippen molar-refractivity contribution in [3.63, 3.8) is 0 Å². The van der Waals surface area contributed by atoms with Crippen molar-refractivity contribution >= 4 is 11.6 Å². The number of aryl methyl sites for hydroxylation is 2. The fourth-order valence-electron chi connectivity index (χ4n) is 2.25. The molecule has 0 aliphatic carbocycles. The second kappa shape index (κ2) is 6.74. The van der Waals surface area contributed by atoms with Crippen molar-refractivity contribution in [3.8, 4) is 0 Å². The Bertz CT molecular complexity index is 536. The van der Waals surface area contributed by atoms with Crippen LogP contribution in [0.15, 0.2) is 48.5 Å². The SMILES string of the molecule is Cc1ccccc1CCC(O)Cc1cccc(Cl)c1. The van der Waals surface area contributed by atoms with E-state index < -0.39 is 0 Å². The first-order valence-electron chi connectivity index (χ1n) is 6.62. The lowest BCUT2D eigenvalue weighted by molar-refractivity contribution is 0.165. The minimum atomic E-state index is -0.321. The summed E-state index contributed by atoms with van der Waals surface area (Å²) in [7, 11) is 0. The third kappa shape index (κ3) is 4.38. The molecule has 2 rings (SSSR count). The van der Waals surface area contributed by atoms with Gasteiger partial charge in [0.05, 0.1) is 6.10 Å². The fraction of sp³-hybridized carbons (Fsp3) is 0.294. The molecule has 0 saturated heterocycles. The Labute approximate surface area is 119 Å². The summed E-state index contributed by atoms with van der Waals surface area (Å²) in [5.41, 5.74) is 3.69. The molecule has 100 valence electrons. The topological polar surface area (TPSA) is 20.2 Å². The van der Waals surface area contributed by atoms with Gasteiger partial charge < -0.3 is 5.11 Å². The van der Waals surface area contributed by atoms with Crippen LogP contribution in [0.3, 0.4) is 0 Å². The van der Waals surface area contributed by atoms with Gasteiger partial charge in [0.2, 0.25) is 0 Å². The van der Waals surface area contributed by atoms with Crippen molar-refractivity contribution in [1.29, 1.82) is 0 Å². The molecule has 0 aliphatic heterocycles. The Morgan fingerprint density at radius 1 is 1.11 bits per heavy atom. The molecular weight excluding hydrogens is 256 g/mol. The van der Waals surface area contributed by atoms with E-state index >= 15 is 0 Å². The smallest absolute Gasteiger partial charge is 0.0583 e. The molecule has 0 fully saturated rings. The molecule has 2 heteroatoms. The average Bonchev–Trinajstić information content (AvgIpc) is 2.38. The van der Waals surface area contributed by atoms with Gasteiger partial charge in [-0.05, 0) is 55.0 Å². The van der Waals surface area contributed by atoms with E-state index in [4.69, 9.17) is 11.6 Å². The molecular formula is C17H19ClO. The van der Waals surface area contributed by atoms with Crippen LogP contribution in [0.2, 0.25) is 5.02 Å². The second-order valence-electron chi connectivity index (χ2n) is 4.95. The molecule has 0 amide bonds. The highest BCUT2D eigenvalue weighted by atomic mass is 35.5. The van der Waals surface area contributed by atoms with Crippen molar-refractivity contribution in [3.05, 3.63) is 70.2 Å². The zero-order chi connectivity index (χ0) is 13.7. The zero-order valence-electron chi connectivity index (χ0n) is 11.1. The zero-order valence-corrected chi connectivity index (χ0v) is 11.9. The van der Waals surface area contributed by atoms with E-state index in [1.54, 1.807) is 0 Å². The van der Waals surface area contributed by atoms with Gasteiger partial charge in [-0.25, -0.2) is 0 Å². The van der Waals surface area contributed by atoms with Crippen molar-refractivity contribution in [2.45, 2.75) is 32.3 Å². The molecule has 0 saturated carbocycles. The van der Waals surface area contributed by atoms with E-state index in [0.29, 0.717) is 6.42 Å². The predicted molar refractivity (Wildman–Crippen MR) is 80.7 cm³/mol. The lowest BCUT2D eigenvalue weighted by Crippen LogP contribution is -2.12. The quantitative estimate of drug-likeness (QED) is 0.867. The van der Waals surface area contributed by atoms with E-state index in [9.17, 15) is 5.11 Å². The molecule has 0 heterocycles. The van der Waals surface area contributed by atoms with Crippen molar-refractivity contribution in [1.82, 2.24) is 0 Å². The maximum absolute atomic E-state index is 10.1. The van der Waals surface area contributed by atoms with Crippen LogP contribution in [0.25, 0.3) is 0 Å². The summed E-state index contributed by atoms with van der Waals surface area (Å²) >= 11 is 5.94. The molecule has 1 nitrogen and oxygen atoms in total. The van der Waals surface area contributed by atoms with Crippen molar-refractivity contribution < 1.29 is 5.11 Å². The minimum absolute atomic E-state index is 0.321. The lowest BCUT2D eigenvalue weighted by Gasteiger charge is -2.12. The molecule has 0 bridgehead atoms. The van der Waals surface area contributed by atoms with Crippen LogP contribution in [0.4, 0.5) is 0 Å². The Kier molecular flexibility index (Phi) is 5.00. The molecule has 0 radical (unpaired) electrons. The number of rotatable bonds is 5. The molecule has 1 atom stereocenters. The normalized spacial score (nSPS) is 12.4. The third-order valence-electron chi connectivity index (χ3n) is 3.37. The van der Waals surface area contributed by atoms with E-state index in [1.807, 2.05) is 36.4 Å². The van der Waals surface area contributed by atoms with Crippen molar-refractivity contribution in [2.24, 2.45) is 0 Å². The third-order valence-corrected chi connectivity index (χ3v) is 3.60. The first-order chi connectivity index (χ1) is 9.15. The summed E-state index contributed by atoms with van der Waals surface area (Å²) in [5, 5.41) is 10.8. The summed E-state index contributed by atoms with van der Waals surface area (Å²) < 4.78 is 0. The Morgan fingerprint density at radius 2 is 1.89 bits per heavy atom. The predicted octanol–water partition coefficient (Wildman–Crippen LogP) is 4.18. The van der Waals surface area contributed by atoms with Gasteiger partial charge in [0, 0.05) is 5.02 Å². The van der Waals surface area contributed by atoms with E-state index in [2.05, 4.69) is 19.1 Å². The highest BCUT2D eigenvalue weighted by Gasteiger charge is 2.07. The monoisotopic (exact) mass is 274 g/mol. The molecule has 0 aromatic heterocycles. The van der Waals surface area contributed by atoms with Crippen molar-refractivity contribution in [2.75, 3.05) is 0 Å². The van der Waals surface area contributed by atoms with Gasteiger partial charge in [-0.15, -0.1) is 0 Å². The van der Waals surface area contributed by atoms with Crippen LogP contribution in [0.1, 0.15) is 23.1 Å². The molecule has 19 heavy (non-hydrogen) atoms. The number of hydrogen-bond donors (Lipinski definition) is 1.